The van der Waals surface area contributed by atoms with Gasteiger partial charge in [0.25, 0.3) is 5.56 Å². The molecule has 0 bridgehead atoms. The molecule has 3 rings (SSSR count). The van der Waals surface area contributed by atoms with Crippen LogP contribution in [0.25, 0.3) is 0 Å². The second kappa shape index (κ2) is 5.46. The van der Waals surface area contributed by atoms with Crippen LogP contribution >= 0.6 is 11.6 Å². The van der Waals surface area contributed by atoms with Crippen LogP contribution in [0.3, 0.4) is 0 Å². The summed E-state index contributed by atoms with van der Waals surface area (Å²) >= 11 is 5.78. The molecule has 3 N–H and O–H groups in total. The second-order valence-electron chi connectivity index (χ2n) is 5.05. The van der Waals surface area contributed by atoms with Crippen molar-refractivity contribution in [3.63, 3.8) is 0 Å². The van der Waals surface area contributed by atoms with Gasteiger partial charge in [-0.15, -0.1) is 0 Å². The van der Waals surface area contributed by atoms with Crippen LogP contribution in [0.4, 0.5) is 10.3 Å². The lowest BCUT2D eigenvalue weighted by Crippen LogP contribution is -2.35. The highest BCUT2D eigenvalue weighted by Crippen LogP contribution is 2.22. The lowest BCUT2D eigenvalue weighted by Gasteiger charge is -2.27. The third-order valence-corrected chi connectivity index (χ3v) is 3.88. The molecule has 110 valence electrons. The van der Waals surface area contributed by atoms with Crippen molar-refractivity contribution < 1.29 is 4.39 Å². The largest absolute Gasteiger partial charge is 0.369 e. The molecule has 1 aliphatic heterocycles. The van der Waals surface area contributed by atoms with Gasteiger partial charge in [0.05, 0.1) is 16.3 Å². The van der Waals surface area contributed by atoms with Crippen LogP contribution in [0, 0.1) is 5.82 Å². The first-order valence-corrected chi connectivity index (χ1v) is 6.95. The van der Waals surface area contributed by atoms with Gasteiger partial charge >= 0.3 is 0 Å². The highest BCUT2D eigenvalue weighted by atomic mass is 35.5. The molecule has 0 fully saturated rings. The van der Waals surface area contributed by atoms with Crippen LogP contribution in [-0.4, -0.2) is 21.4 Å². The fourth-order valence-electron chi connectivity index (χ4n) is 2.55. The number of nitrogens with one attached hydrogen (secondary N) is 1. The zero-order valence-electron chi connectivity index (χ0n) is 11.2. The molecule has 1 aromatic carbocycles. The van der Waals surface area contributed by atoms with Gasteiger partial charge in [-0.05, 0) is 6.07 Å². The van der Waals surface area contributed by atoms with E-state index in [1.807, 2.05) is 4.90 Å². The molecule has 5 nitrogen and oxygen atoms in total. The van der Waals surface area contributed by atoms with Gasteiger partial charge in [-0.2, -0.15) is 0 Å². The molecule has 2 aromatic rings. The molecule has 21 heavy (non-hydrogen) atoms. The first-order chi connectivity index (χ1) is 10.0. The number of benzene rings is 1. The van der Waals surface area contributed by atoms with E-state index in [-0.39, 0.29) is 16.5 Å². The molecule has 0 radical (unpaired) electrons. The van der Waals surface area contributed by atoms with Gasteiger partial charge in [-0.1, -0.05) is 23.7 Å². The Morgan fingerprint density at radius 2 is 2.29 bits per heavy atom. The van der Waals surface area contributed by atoms with E-state index in [0.29, 0.717) is 37.2 Å². The number of aromatic nitrogens is 2. The number of nitrogens with zero attached hydrogens (tertiary/aromatic N) is 2. The minimum atomic E-state index is -0.408. The Morgan fingerprint density at radius 3 is 3.10 bits per heavy atom. The van der Waals surface area contributed by atoms with Gasteiger partial charge in [0.1, 0.15) is 5.82 Å². The van der Waals surface area contributed by atoms with Gasteiger partial charge in [0, 0.05) is 31.6 Å². The van der Waals surface area contributed by atoms with Crippen LogP contribution in [0.5, 0.6) is 0 Å². The fourth-order valence-corrected chi connectivity index (χ4v) is 2.74. The number of aromatic amines is 1. The van der Waals surface area contributed by atoms with Crippen molar-refractivity contribution in [3.8, 4) is 0 Å². The van der Waals surface area contributed by atoms with E-state index in [4.69, 9.17) is 17.3 Å². The number of H-pyrrole nitrogens is 1. The van der Waals surface area contributed by atoms with Gasteiger partial charge in [-0.25, -0.2) is 9.37 Å². The summed E-state index contributed by atoms with van der Waals surface area (Å²) < 4.78 is 13.9. The molecule has 0 amide bonds. The Kier molecular flexibility index (Phi) is 3.65. The number of fused-ring (bicyclic) bond motifs is 1. The standard InChI is InChI=1S/C14H14ClFN4O/c15-10-3-1-2-8(12(10)16)6-20-5-4-11-9(7-20)13(21)19-14(17)18-11/h1-3H,4-7H2,(H3,17,18,19,21). The third-order valence-electron chi connectivity index (χ3n) is 3.59. The maximum Gasteiger partial charge on any atom is 0.257 e. The molecular weight excluding hydrogens is 295 g/mol. The minimum Gasteiger partial charge on any atom is -0.369 e. The third kappa shape index (κ3) is 2.77. The zero-order chi connectivity index (χ0) is 15.0. The Bertz CT molecular complexity index is 746. The van der Waals surface area contributed by atoms with Crippen LogP contribution in [0.15, 0.2) is 23.0 Å². The molecule has 7 heteroatoms. The van der Waals surface area contributed by atoms with Crippen molar-refractivity contribution in [2.45, 2.75) is 19.5 Å². The van der Waals surface area contributed by atoms with E-state index in [2.05, 4.69) is 9.97 Å². The number of anilines is 1. The highest BCUT2D eigenvalue weighted by molar-refractivity contribution is 6.30. The van der Waals surface area contributed by atoms with Gasteiger partial charge in [-0.3, -0.25) is 14.7 Å². The van der Waals surface area contributed by atoms with Crippen LogP contribution in [-0.2, 0) is 19.5 Å². The first kappa shape index (κ1) is 14.0. The van der Waals surface area contributed by atoms with Crippen LogP contribution < -0.4 is 11.3 Å². The summed E-state index contributed by atoms with van der Waals surface area (Å²) in [6.07, 6.45) is 0.617. The van der Waals surface area contributed by atoms with Crippen molar-refractivity contribution in [2.24, 2.45) is 0 Å². The van der Waals surface area contributed by atoms with Gasteiger partial charge in [0.15, 0.2) is 0 Å². The van der Waals surface area contributed by atoms with Gasteiger partial charge < -0.3 is 5.73 Å². The number of hydrogen-bond acceptors (Lipinski definition) is 4. The highest BCUT2D eigenvalue weighted by Gasteiger charge is 2.21. The summed E-state index contributed by atoms with van der Waals surface area (Å²) in [5.41, 5.74) is 7.14. The fraction of sp³-hybridized carbons (Fsp3) is 0.286. The van der Waals surface area contributed by atoms with E-state index in [1.54, 1.807) is 12.1 Å². The molecule has 0 atom stereocenters. The van der Waals surface area contributed by atoms with Crippen LogP contribution in [0.2, 0.25) is 5.02 Å². The van der Waals surface area contributed by atoms with Gasteiger partial charge in [0.2, 0.25) is 5.95 Å². The van der Waals surface area contributed by atoms with Crippen molar-refractivity contribution in [2.75, 3.05) is 12.3 Å². The SMILES string of the molecule is Nc1nc2c(c(=O)[nH]1)CN(Cc1cccc(Cl)c1F)CC2. The van der Waals surface area contributed by atoms with E-state index in [1.165, 1.54) is 6.07 Å². The molecule has 1 aromatic heterocycles. The molecule has 0 saturated heterocycles. The summed E-state index contributed by atoms with van der Waals surface area (Å²) in [4.78, 5) is 20.5. The van der Waals surface area contributed by atoms with E-state index < -0.39 is 5.82 Å². The normalized spacial score (nSPS) is 15.0. The molecule has 2 heterocycles. The Labute approximate surface area is 125 Å². The Balaban J connectivity index is 1.84. The van der Waals surface area contributed by atoms with E-state index in [9.17, 15) is 9.18 Å². The molecule has 0 saturated carbocycles. The second-order valence-corrected chi connectivity index (χ2v) is 5.46. The minimum absolute atomic E-state index is 0.109. The average molecular weight is 309 g/mol. The number of halogens is 2. The summed E-state index contributed by atoms with van der Waals surface area (Å²) in [6, 6.07) is 4.93. The maximum atomic E-state index is 13.9. The van der Waals surface area contributed by atoms with E-state index in [0.717, 1.165) is 5.69 Å². The van der Waals surface area contributed by atoms with Crippen LogP contribution in [0.1, 0.15) is 16.8 Å². The van der Waals surface area contributed by atoms with Crippen molar-refractivity contribution in [3.05, 3.63) is 56.2 Å². The maximum absolute atomic E-state index is 13.9. The Hall–Kier alpha value is -1.92. The predicted molar refractivity (Wildman–Crippen MR) is 78.5 cm³/mol. The topological polar surface area (TPSA) is 75.0 Å². The smallest absolute Gasteiger partial charge is 0.257 e. The average Bonchev–Trinajstić information content (AvgIpc) is 2.44. The number of nitrogen functional groups attached to an aromatic ring is 1. The number of hydrogen-bond donors (Lipinski definition) is 2. The lowest BCUT2D eigenvalue weighted by molar-refractivity contribution is 0.238. The number of nitrogens with two attached hydrogens (primary N) is 1. The molecule has 0 aliphatic carbocycles. The summed E-state index contributed by atoms with van der Waals surface area (Å²) in [6.45, 7) is 1.51. The predicted octanol–water partition coefficient (Wildman–Crippen LogP) is 1.70. The summed E-state index contributed by atoms with van der Waals surface area (Å²) in [5.74, 6) is -0.276. The van der Waals surface area contributed by atoms with Crippen molar-refractivity contribution >= 4 is 17.5 Å². The Morgan fingerprint density at radius 1 is 1.48 bits per heavy atom. The lowest BCUT2D eigenvalue weighted by atomic mass is 10.1. The molecule has 1 aliphatic rings. The first-order valence-electron chi connectivity index (χ1n) is 6.57. The van der Waals surface area contributed by atoms with Crippen molar-refractivity contribution in [1.29, 1.82) is 0 Å². The van der Waals surface area contributed by atoms with E-state index >= 15 is 0 Å². The number of rotatable bonds is 2. The quantitative estimate of drug-likeness (QED) is 0.885. The zero-order valence-corrected chi connectivity index (χ0v) is 12.0. The molecule has 0 unspecified atom stereocenters. The van der Waals surface area contributed by atoms with Crippen molar-refractivity contribution in [1.82, 2.24) is 14.9 Å². The molecular formula is C14H14ClFN4O. The molecule has 0 spiro atoms. The monoisotopic (exact) mass is 308 g/mol. The summed E-state index contributed by atoms with van der Waals surface area (Å²) in [7, 11) is 0. The summed E-state index contributed by atoms with van der Waals surface area (Å²) in [5, 5.41) is 0.109.